The summed E-state index contributed by atoms with van der Waals surface area (Å²) in [5.74, 6) is 5.71. The summed E-state index contributed by atoms with van der Waals surface area (Å²) in [6, 6.07) is 0. The zero-order chi connectivity index (χ0) is 37.6. The lowest BCUT2D eigenvalue weighted by Gasteiger charge is -2.61. The molecule has 0 aromatic carbocycles. The summed E-state index contributed by atoms with van der Waals surface area (Å²) in [7, 11) is 3.60. The molecule has 2 heterocycles. The van der Waals surface area contributed by atoms with E-state index in [1.165, 1.54) is 96.9 Å². The molecule has 8 rings (SSSR count). The lowest BCUT2D eigenvalue weighted by molar-refractivity contribution is -0.704. The smallest absolute Gasteiger partial charge is 0.302 e. The Morgan fingerprint density at radius 2 is 1.65 bits per heavy atom. The van der Waals surface area contributed by atoms with Gasteiger partial charge in [-0.3, -0.25) is 10.5 Å². The fourth-order valence-corrected chi connectivity index (χ4v) is 15.5. The summed E-state index contributed by atoms with van der Waals surface area (Å²) >= 11 is 0. The zero-order valence-corrected chi connectivity index (χ0v) is 34.0. The molecule has 0 aromatic heterocycles. The van der Waals surface area contributed by atoms with Gasteiger partial charge >= 0.3 is 5.97 Å². The van der Waals surface area contributed by atoms with Crippen molar-refractivity contribution in [2.24, 2.45) is 76.2 Å². The maximum absolute atomic E-state index is 12.3. The summed E-state index contributed by atoms with van der Waals surface area (Å²) in [6.45, 7) is 3.15. The van der Waals surface area contributed by atoms with Gasteiger partial charge in [0.1, 0.15) is 6.17 Å². The number of ether oxygens (including phenoxy) is 4. The molecular formula is C45H77N2O7+. The van der Waals surface area contributed by atoms with Crippen LogP contribution in [0, 0.1) is 70.5 Å². The van der Waals surface area contributed by atoms with Crippen LogP contribution >= 0.6 is 0 Å². The third-order valence-electron chi connectivity index (χ3n) is 17.8. The van der Waals surface area contributed by atoms with Crippen molar-refractivity contribution in [2.75, 3.05) is 27.4 Å². The number of rotatable bonds is 10. The Morgan fingerprint density at radius 3 is 2.39 bits per heavy atom. The largest absolute Gasteiger partial charge is 0.465 e. The molecule has 0 amide bonds. The van der Waals surface area contributed by atoms with Gasteiger partial charge in [-0.05, 0) is 142 Å². The fraction of sp³-hybridized carbons (Fsp3) is 0.978. The Bertz CT molecular complexity index is 1240. The Morgan fingerprint density at radius 1 is 0.852 bits per heavy atom. The third-order valence-corrected chi connectivity index (χ3v) is 17.8. The normalized spacial score (nSPS) is 48.9. The molecule has 1 spiro atoms. The van der Waals surface area contributed by atoms with Crippen LogP contribution in [0.5, 0.6) is 0 Å². The standard InChI is InChI=1S/C45H76N2O7/c1-26(48)53-25-36-34-13-14-35-41-31(19-32(49)21-39(41)52-3)23-45(42(35)44(34)54-43(36)28-10-15-37(50)38(20-28)51-2)18-17-29(22-45)33(30-11-16-40(46)47-24-30)12-9-27-7-5-4-6-8-27/h27-44,47,49-50H,4-25,46H2,1-3H3/p+1. The van der Waals surface area contributed by atoms with E-state index in [0.29, 0.717) is 36.2 Å². The number of carbonyl (C=O) groups is 1. The minimum Gasteiger partial charge on any atom is -0.465 e. The SMILES string of the molecule is COC1CC(C2OC3C(CCC4C5C(CC(O)CC5OC)CC5(CCC(C(CCC6CCCCC6)C6CCC(N)[NH2+]C6)C5)C43)C2COC(C)=O)CCC1O. The fourth-order valence-electron chi connectivity index (χ4n) is 15.5. The van der Waals surface area contributed by atoms with Gasteiger partial charge in [0.25, 0.3) is 0 Å². The number of aliphatic hydroxyl groups excluding tert-OH is 2. The van der Waals surface area contributed by atoms with Crippen LogP contribution in [-0.2, 0) is 23.7 Å². The summed E-state index contributed by atoms with van der Waals surface area (Å²) in [5, 5.41) is 24.5. The van der Waals surface area contributed by atoms with Crippen molar-refractivity contribution in [3.63, 3.8) is 0 Å². The topological polar surface area (TPSA) is 137 Å². The van der Waals surface area contributed by atoms with E-state index in [1.807, 2.05) is 7.11 Å². The second kappa shape index (κ2) is 17.2. The van der Waals surface area contributed by atoms with Crippen LogP contribution in [0.3, 0.4) is 0 Å². The summed E-state index contributed by atoms with van der Waals surface area (Å²) in [6.07, 6.45) is 23.4. The first-order chi connectivity index (χ1) is 26.2. The first-order valence-corrected chi connectivity index (χ1v) is 23.0. The molecule has 2 aliphatic heterocycles. The molecule has 9 nitrogen and oxygen atoms in total. The Balaban J connectivity index is 1.11. The molecule has 18 unspecified atom stereocenters. The Kier molecular flexibility index (Phi) is 12.7. The van der Waals surface area contributed by atoms with E-state index in [0.717, 1.165) is 68.6 Å². The molecule has 8 aliphatic rings. The van der Waals surface area contributed by atoms with Crippen LogP contribution in [-0.4, -0.2) is 86.3 Å². The molecule has 0 radical (unpaired) electrons. The van der Waals surface area contributed by atoms with Crippen molar-refractivity contribution in [3.8, 4) is 0 Å². The number of hydrogen-bond donors (Lipinski definition) is 4. The van der Waals surface area contributed by atoms with Crippen LogP contribution in [0.4, 0.5) is 0 Å². The summed E-state index contributed by atoms with van der Waals surface area (Å²) < 4.78 is 25.6. The van der Waals surface area contributed by atoms with E-state index in [-0.39, 0.29) is 59.9 Å². The number of piperidine rings is 1. The van der Waals surface area contributed by atoms with Gasteiger partial charge in [0.05, 0.1) is 49.8 Å². The molecular weight excluding hydrogens is 681 g/mol. The molecule has 308 valence electrons. The molecule has 6 saturated carbocycles. The highest BCUT2D eigenvalue weighted by molar-refractivity contribution is 5.65. The van der Waals surface area contributed by atoms with Crippen LogP contribution in [0.25, 0.3) is 0 Å². The second-order valence-electron chi connectivity index (χ2n) is 20.4. The highest BCUT2D eigenvalue weighted by Crippen LogP contribution is 2.69. The van der Waals surface area contributed by atoms with Crippen molar-refractivity contribution < 1.29 is 39.3 Å². The average molecular weight is 758 g/mol. The van der Waals surface area contributed by atoms with E-state index in [9.17, 15) is 15.0 Å². The molecule has 6 aliphatic carbocycles. The van der Waals surface area contributed by atoms with Crippen molar-refractivity contribution in [2.45, 2.75) is 178 Å². The number of fused-ring (bicyclic) bond motifs is 6. The van der Waals surface area contributed by atoms with Crippen LogP contribution in [0.2, 0.25) is 0 Å². The Hall–Kier alpha value is -0.810. The third kappa shape index (κ3) is 7.97. The molecule has 8 fully saturated rings. The van der Waals surface area contributed by atoms with Crippen LogP contribution in [0.15, 0.2) is 0 Å². The van der Waals surface area contributed by atoms with Gasteiger partial charge in [-0.25, -0.2) is 0 Å². The van der Waals surface area contributed by atoms with Crippen LogP contribution in [0.1, 0.15) is 135 Å². The predicted octanol–water partition coefficient (Wildman–Crippen LogP) is 5.58. The molecule has 9 heteroatoms. The number of methoxy groups -OCH3 is 2. The first-order valence-electron chi connectivity index (χ1n) is 23.0. The van der Waals surface area contributed by atoms with Crippen molar-refractivity contribution >= 4 is 5.97 Å². The number of hydrogen-bond acceptors (Lipinski definition) is 8. The van der Waals surface area contributed by atoms with Crippen molar-refractivity contribution in [1.82, 2.24) is 0 Å². The molecule has 18 atom stereocenters. The number of aliphatic hydroxyl groups is 2. The molecule has 0 aromatic rings. The van der Waals surface area contributed by atoms with E-state index in [4.69, 9.17) is 24.7 Å². The second-order valence-corrected chi connectivity index (χ2v) is 20.4. The minimum absolute atomic E-state index is 0.00634. The van der Waals surface area contributed by atoms with Gasteiger partial charge in [-0.2, -0.15) is 0 Å². The average Bonchev–Trinajstić information content (AvgIpc) is 3.76. The number of quaternary nitrogens is 1. The molecule has 6 N–H and O–H groups in total. The van der Waals surface area contributed by atoms with Gasteiger partial charge in [-0.1, -0.05) is 38.5 Å². The van der Waals surface area contributed by atoms with Crippen LogP contribution < -0.4 is 11.1 Å². The van der Waals surface area contributed by atoms with Gasteiger partial charge in [0, 0.05) is 39.4 Å². The predicted molar refractivity (Wildman–Crippen MR) is 207 cm³/mol. The maximum atomic E-state index is 12.3. The van der Waals surface area contributed by atoms with Gasteiger partial charge in [0.2, 0.25) is 0 Å². The zero-order valence-electron chi connectivity index (χ0n) is 34.0. The quantitative estimate of drug-likeness (QED) is 0.212. The van der Waals surface area contributed by atoms with E-state index in [2.05, 4.69) is 5.32 Å². The number of esters is 1. The molecule has 0 bridgehead atoms. The highest BCUT2D eigenvalue weighted by atomic mass is 16.5. The van der Waals surface area contributed by atoms with E-state index < -0.39 is 6.10 Å². The van der Waals surface area contributed by atoms with E-state index in [1.54, 1.807) is 7.11 Å². The number of carbonyl (C=O) groups excluding carboxylic acids is 1. The highest BCUT2D eigenvalue weighted by Gasteiger charge is 2.66. The summed E-state index contributed by atoms with van der Waals surface area (Å²) in [4.78, 5) is 12.3. The monoisotopic (exact) mass is 758 g/mol. The lowest BCUT2D eigenvalue weighted by atomic mass is 9.45. The van der Waals surface area contributed by atoms with Gasteiger partial charge in [-0.15, -0.1) is 0 Å². The molecule has 54 heavy (non-hydrogen) atoms. The van der Waals surface area contributed by atoms with E-state index >= 15 is 0 Å². The number of nitrogens with two attached hydrogens (primary N) is 2. The van der Waals surface area contributed by atoms with Gasteiger partial charge in [0.15, 0.2) is 0 Å². The Labute approximate surface area is 326 Å². The van der Waals surface area contributed by atoms with Crippen molar-refractivity contribution in [3.05, 3.63) is 0 Å². The van der Waals surface area contributed by atoms with Crippen molar-refractivity contribution in [1.29, 1.82) is 0 Å². The molecule has 2 saturated heterocycles. The lowest BCUT2D eigenvalue weighted by Crippen LogP contribution is -2.95. The summed E-state index contributed by atoms with van der Waals surface area (Å²) in [5.41, 5.74) is 6.66. The van der Waals surface area contributed by atoms with Gasteiger partial charge < -0.3 is 34.5 Å². The maximum Gasteiger partial charge on any atom is 0.302 e. The minimum atomic E-state index is -0.434. The first kappa shape index (κ1) is 40.0.